The Morgan fingerprint density at radius 3 is 1.46 bits per heavy atom. The van der Waals surface area contributed by atoms with E-state index in [1.165, 1.54) is 0 Å². The monoisotopic (exact) mass is 928 g/mol. The van der Waals surface area contributed by atoms with Crippen LogP contribution in [0.5, 0.6) is 0 Å². The maximum Gasteiger partial charge on any atom is 0.478 e. The highest BCUT2D eigenvalue weighted by molar-refractivity contribution is 6.15. The minimum atomic E-state index is -6.43. The molecule has 63 heavy (non-hydrogen) atoms. The Morgan fingerprint density at radius 1 is 0.603 bits per heavy atom. The zero-order valence-corrected chi connectivity index (χ0v) is 30.8. The van der Waals surface area contributed by atoms with Gasteiger partial charge in [0.15, 0.2) is 0 Å². The van der Waals surface area contributed by atoms with Gasteiger partial charge in [0.25, 0.3) is 29.9 Å². The first-order chi connectivity index (χ1) is 28.9. The summed E-state index contributed by atoms with van der Waals surface area (Å²) < 4.78 is 193. The van der Waals surface area contributed by atoms with E-state index in [-0.39, 0.29) is 25.7 Å². The molecule has 0 aromatic rings. The molecule has 344 valence electrons. The van der Waals surface area contributed by atoms with Crippen molar-refractivity contribution < 1.29 is 130 Å². The first-order valence-corrected chi connectivity index (χ1v) is 16.8. The predicted molar refractivity (Wildman–Crippen MR) is 171 cm³/mol. The molecule has 4 aliphatic rings. The minimum Gasteiger partial charge on any atom is -0.480 e. The Morgan fingerprint density at radius 2 is 1.03 bits per heavy atom. The lowest BCUT2D eigenvalue weighted by Gasteiger charge is -2.46. The average Bonchev–Trinajstić information content (AvgIpc) is 3.13. The predicted octanol–water partition coefficient (Wildman–Crippen LogP) is 6.19. The van der Waals surface area contributed by atoms with Crippen LogP contribution in [0, 0.1) is 0 Å². The smallest absolute Gasteiger partial charge is 0.478 e. The molecule has 0 amide bonds. The van der Waals surface area contributed by atoms with Crippen molar-refractivity contribution in [3.63, 3.8) is 0 Å². The van der Waals surface area contributed by atoms with Gasteiger partial charge in [-0.15, -0.1) is 0 Å². The number of esters is 5. The third-order valence-corrected chi connectivity index (χ3v) is 8.55. The number of rotatable bonds is 10. The van der Waals surface area contributed by atoms with Gasteiger partial charge in [-0.1, -0.05) is 42.5 Å². The summed E-state index contributed by atoms with van der Waals surface area (Å²) in [6.07, 6.45) is -18.8. The van der Waals surface area contributed by atoms with Crippen molar-refractivity contribution in [3.05, 3.63) is 94.9 Å². The Labute approximate surface area is 341 Å². The molecule has 3 aliphatic heterocycles. The summed E-state index contributed by atoms with van der Waals surface area (Å²) in [7, 11) is 0. The third-order valence-electron chi connectivity index (χ3n) is 8.55. The van der Waals surface area contributed by atoms with Crippen LogP contribution in [0.15, 0.2) is 94.9 Å². The van der Waals surface area contributed by atoms with Crippen LogP contribution in [-0.2, 0) is 66.7 Å². The summed E-state index contributed by atoms with van der Waals surface area (Å²) in [6, 6.07) is 0. The molecular formula is C35H24F12O16. The van der Waals surface area contributed by atoms with Crippen LogP contribution in [0.25, 0.3) is 0 Å². The number of halogens is 12. The molecule has 0 radical (unpaired) electrons. The van der Waals surface area contributed by atoms with Gasteiger partial charge in [-0.2, -0.15) is 52.7 Å². The summed E-state index contributed by atoms with van der Waals surface area (Å²) in [6.45, 7) is -0.471. The number of carbonyl (C=O) groups is 6. The van der Waals surface area contributed by atoms with E-state index < -0.39 is 118 Å². The molecular weight excluding hydrogens is 904 g/mol. The van der Waals surface area contributed by atoms with Gasteiger partial charge < -0.3 is 48.1 Å². The quantitative estimate of drug-likeness (QED) is 0.0365. The number of carbonyl (C=O) groups excluding carboxylic acids is 6. The molecule has 2 spiro atoms. The lowest BCUT2D eigenvalue weighted by molar-refractivity contribution is -0.456. The van der Waals surface area contributed by atoms with Gasteiger partial charge in [0, 0.05) is 31.3 Å². The first-order valence-electron chi connectivity index (χ1n) is 16.8. The van der Waals surface area contributed by atoms with Crippen LogP contribution in [0.2, 0.25) is 0 Å². The van der Waals surface area contributed by atoms with Crippen LogP contribution < -0.4 is 0 Å². The molecule has 3 heterocycles. The average molecular weight is 929 g/mol. The van der Waals surface area contributed by atoms with Crippen LogP contribution >= 0.6 is 0 Å². The van der Waals surface area contributed by atoms with Gasteiger partial charge >= 0.3 is 66.1 Å². The van der Waals surface area contributed by atoms with Crippen molar-refractivity contribution >= 4 is 36.3 Å². The molecule has 0 atom stereocenters. The van der Waals surface area contributed by atoms with E-state index in [1.54, 1.807) is 0 Å². The van der Waals surface area contributed by atoms with E-state index in [0.29, 0.717) is 12.2 Å². The second-order valence-corrected chi connectivity index (χ2v) is 12.8. The summed E-state index contributed by atoms with van der Waals surface area (Å²) in [5.41, 5.74) is -3.48. The molecule has 0 unspecified atom stereocenters. The molecule has 0 bridgehead atoms. The van der Waals surface area contributed by atoms with E-state index in [4.69, 9.17) is 18.9 Å². The van der Waals surface area contributed by atoms with Crippen molar-refractivity contribution in [2.45, 2.75) is 80.5 Å². The largest absolute Gasteiger partial charge is 0.480 e. The van der Waals surface area contributed by atoms with Gasteiger partial charge in [-0.3, -0.25) is 4.79 Å². The van der Waals surface area contributed by atoms with E-state index in [2.05, 4.69) is 18.9 Å². The van der Waals surface area contributed by atoms with E-state index in [9.17, 15) is 91.7 Å². The maximum absolute atomic E-state index is 13.2. The number of allylic oxidation sites excluding steroid dienone is 8. The fraction of sp³-hybridized carbons (Fsp3) is 0.371. The number of hydrogen-bond acceptors (Lipinski definition) is 16. The lowest BCUT2D eigenvalue weighted by Crippen LogP contribution is -2.63. The summed E-state index contributed by atoms with van der Waals surface area (Å²) in [5, 5.41) is 20.1. The maximum atomic E-state index is 13.2. The number of ether oxygens (including phenoxy) is 8. The van der Waals surface area contributed by atoms with Gasteiger partial charge in [-0.05, 0) is 25.2 Å². The summed E-state index contributed by atoms with van der Waals surface area (Å²) in [5.74, 6) is -26.2. The SMILES string of the molecule is CC(=CC=CC=CC1=C(O)OC2(CCC3(CC2)OC(=O)C(=C/C=C/C=C/C2=C(O)OC(C(F)(F)F)(C(F)(F)F)OC2=O)C(=O)O3)OC1=O)C(=O)OC(OC=O)(C(F)(F)F)C(F)(F)F. The van der Waals surface area contributed by atoms with Gasteiger partial charge in [0.1, 0.15) is 16.7 Å². The van der Waals surface area contributed by atoms with Gasteiger partial charge in [0.05, 0.1) is 0 Å². The van der Waals surface area contributed by atoms with Gasteiger partial charge in [0.2, 0.25) is 0 Å². The molecule has 0 aromatic heterocycles. The standard InChI is InChI=1S/C35H24F12O16/c1-17(21(49)61-30(56-16-48,32(36,37)38)33(39,40)41)8-4-2-5-9-18-22(50)57-28(58-23(18)51)12-14-29(15-13-28)59-24(52)19(25(53)60-29)10-6-3-7-11-20-26(54)62-31(34(42,43)44,35(45,46)47)63-27(20)55/h2-11,16,50,54H,12-15H2,1H3/b4-2?,6-3+,9-5?,11-7+,17-8?,19-10?. The Hall–Kier alpha value is -6.90. The fourth-order valence-electron chi connectivity index (χ4n) is 5.39. The first kappa shape index (κ1) is 48.8. The molecule has 28 heteroatoms. The highest BCUT2D eigenvalue weighted by Crippen LogP contribution is 2.51. The zero-order chi connectivity index (χ0) is 47.6. The van der Waals surface area contributed by atoms with Gasteiger partial charge in [-0.25, -0.2) is 24.0 Å². The number of aliphatic hydroxyl groups excluding tert-OH is 2. The zero-order valence-electron chi connectivity index (χ0n) is 30.8. The number of alkyl halides is 12. The minimum absolute atomic E-state index is 0.367. The second kappa shape index (κ2) is 17.1. The number of cyclic esters (lactones) is 1. The Kier molecular flexibility index (Phi) is 13.2. The topological polar surface area (TPSA) is 217 Å². The van der Waals surface area contributed by atoms with Crippen molar-refractivity contribution in [3.8, 4) is 0 Å². The highest BCUT2D eigenvalue weighted by atomic mass is 19.4. The third kappa shape index (κ3) is 9.77. The normalized spacial score (nSPS) is 24.1. The van der Waals surface area contributed by atoms with E-state index in [0.717, 1.165) is 55.5 Å². The van der Waals surface area contributed by atoms with Crippen LogP contribution in [0.3, 0.4) is 0 Å². The van der Waals surface area contributed by atoms with E-state index in [1.807, 2.05) is 0 Å². The molecule has 16 nitrogen and oxygen atoms in total. The van der Waals surface area contributed by atoms with E-state index >= 15 is 0 Å². The second-order valence-electron chi connectivity index (χ2n) is 12.8. The molecule has 1 saturated carbocycles. The molecule has 0 aromatic carbocycles. The van der Waals surface area contributed by atoms with Crippen LogP contribution in [0.1, 0.15) is 32.6 Å². The van der Waals surface area contributed by atoms with Crippen molar-refractivity contribution in [2.24, 2.45) is 0 Å². The number of aliphatic hydroxyl groups is 2. The Bertz CT molecular complexity index is 2110. The highest BCUT2D eigenvalue weighted by Gasteiger charge is 2.80. The molecule has 2 N–H and O–H groups in total. The van der Waals surface area contributed by atoms with Crippen LogP contribution in [0.4, 0.5) is 52.7 Å². The Balaban J connectivity index is 1.35. The molecule has 4 rings (SSSR count). The molecule has 2 fully saturated rings. The van der Waals surface area contributed by atoms with Crippen molar-refractivity contribution in [1.29, 1.82) is 0 Å². The van der Waals surface area contributed by atoms with Crippen molar-refractivity contribution in [2.75, 3.05) is 0 Å². The summed E-state index contributed by atoms with van der Waals surface area (Å²) in [4.78, 5) is 72.6. The number of hydrogen-bond donors (Lipinski definition) is 2. The molecule has 1 saturated heterocycles. The summed E-state index contributed by atoms with van der Waals surface area (Å²) >= 11 is 0. The lowest BCUT2D eigenvalue weighted by atomic mass is 9.87. The van der Waals surface area contributed by atoms with Crippen LogP contribution in [-0.4, -0.2) is 94.4 Å². The van der Waals surface area contributed by atoms with Crippen molar-refractivity contribution in [1.82, 2.24) is 0 Å². The molecule has 1 aliphatic carbocycles. The fourth-order valence-corrected chi connectivity index (χ4v) is 5.39.